The molecule has 3 N–H and O–H groups in total. The number of aromatic nitrogens is 2. The molecule has 0 spiro atoms. The summed E-state index contributed by atoms with van der Waals surface area (Å²) in [7, 11) is 0. The van der Waals surface area contributed by atoms with Crippen molar-refractivity contribution in [3.8, 4) is 11.1 Å². The first kappa shape index (κ1) is 22.2. The van der Waals surface area contributed by atoms with Crippen molar-refractivity contribution < 1.29 is 4.79 Å². The van der Waals surface area contributed by atoms with Gasteiger partial charge in [-0.3, -0.25) is 9.89 Å². The van der Waals surface area contributed by atoms with Crippen molar-refractivity contribution >= 4 is 40.5 Å². The zero-order valence-corrected chi connectivity index (χ0v) is 18.5. The number of nitrogens with zero attached hydrogens (tertiary/aromatic N) is 2. The molecule has 0 unspecified atom stereocenters. The zero-order valence-electron chi connectivity index (χ0n) is 17.0. The van der Waals surface area contributed by atoms with Gasteiger partial charge in [-0.2, -0.15) is 5.10 Å². The molecule has 6 nitrogen and oxygen atoms in total. The second-order valence-electron chi connectivity index (χ2n) is 6.76. The SMILES string of the molecule is CCN(CC)CCNC(=O)c1ccccc1Nc1c(Cl)cc(-c2cn[nH]c2)cc1Cl. The maximum absolute atomic E-state index is 12.7. The van der Waals surface area contributed by atoms with Gasteiger partial charge in [0, 0.05) is 24.8 Å². The Balaban J connectivity index is 1.77. The smallest absolute Gasteiger partial charge is 0.253 e. The summed E-state index contributed by atoms with van der Waals surface area (Å²) in [5.41, 5.74) is 3.46. The number of anilines is 2. The van der Waals surface area contributed by atoms with Gasteiger partial charge in [0.15, 0.2) is 0 Å². The third-order valence-electron chi connectivity index (χ3n) is 4.91. The molecule has 0 saturated carbocycles. The summed E-state index contributed by atoms with van der Waals surface area (Å²) in [6, 6.07) is 10.9. The van der Waals surface area contributed by atoms with Crippen LogP contribution in [0.5, 0.6) is 0 Å². The van der Waals surface area contributed by atoms with Gasteiger partial charge >= 0.3 is 0 Å². The first-order valence-electron chi connectivity index (χ1n) is 9.88. The van der Waals surface area contributed by atoms with Crippen molar-refractivity contribution in [1.82, 2.24) is 20.4 Å². The fraction of sp³-hybridized carbons (Fsp3) is 0.273. The summed E-state index contributed by atoms with van der Waals surface area (Å²) < 4.78 is 0. The largest absolute Gasteiger partial charge is 0.352 e. The Kier molecular flexibility index (Phi) is 7.74. The van der Waals surface area contributed by atoms with Gasteiger partial charge in [-0.15, -0.1) is 0 Å². The molecule has 158 valence electrons. The molecule has 0 bridgehead atoms. The molecule has 1 aromatic heterocycles. The van der Waals surface area contributed by atoms with E-state index in [-0.39, 0.29) is 5.91 Å². The molecular weight excluding hydrogens is 421 g/mol. The van der Waals surface area contributed by atoms with E-state index in [0.29, 0.717) is 33.5 Å². The summed E-state index contributed by atoms with van der Waals surface area (Å²) in [5, 5.41) is 13.8. The van der Waals surface area contributed by atoms with E-state index in [1.165, 1.54) is 0 Å². The van der Waals surface area contributed by atoms with Crippen molar-refractivity contribution in [3.63, 3.8) is 0 Å². The van der Waals surface area contributed by atoms with E-state index in [9.17, 15) is 4.79 Å². The van der Waals surface area contributed by atoms with E-state index in [0.717, 1.165) is 30.8 Å². The van der Waals surface area contributed by atoms with Gasteiger partial charge in [0.1, 0.15) is 0 Å². The molecule has 0 aliphatic rings. The van der Waals surface area contributed by atoms with E-state index < -0.39 is 0 Å². The van der Waals surface area contributed by atoms with Crippen LogP contribution in [0.1, 0.15) is 24.2 Å². The number of aromatic amines is 1. The normalized spacial score (nSPS) is 11.0. The number of nitrogens with one attached hydrogen (secondary N) is 3. The molecule has 0 atom stereocenters. The van der Waals surface area contributed by atoms with E-state index in [1.807, 2.05) is 30.3 Å². The number of amides is 1. The molecule has 3 aromatic rings. The minimum Gasteiger partial charge on any atom is -0.352 e. The Bertz CT molecular complexity index is 964. The summed E-state index contributed by atoms with van der Waals surface area (Å²) in [4.78, 5) is 15.0. The number of hydrogen-bond donors (Lipinski definition) is 3. The fourth-order valence-corrected chi connectivity index (χ4v) is 3.74. The summed E-state index contributed by atoms with van der Waals surface area (Å²) in [6.45, 7) is 7.51. The summed E-state index contributed by atoms with van der Waals surface area (Å²) in [5.74, 6) is -0.146. The molecule has 1 amide bonds. The standard InChI is InChI=1S/C22H25Cl2N5O/c1-3-29(4-2)10-9-25-22(30)17-7-5-6-8-20(17)28-21-18(23)11-15(12-19(21)24)16-13-26-27-14-16/h5-8,11-14,28H,3-4,9-10H2,1-2H3,(H,25,30)(H,26,27). The highest BCUT2D eigenvalue weighted by atomic mass is 35.5. The number of likely N-dealkylation sites (N-methyl/N-ethyl adjacent to an activating group) is 1. The molecule has 0 saturated heterocycles. The minimum absolute atomic E-state index is 0.146. The summed E-state index contributed by atoms with van der Waals surface area (Å²) >= 11 is 13.0. The van der Waals surface area contributed by atoms with Gasteiger partial charge < -0.3 is 15.5 Å². The number of halogens is 2. The lowest BCUT2D eigenvalue weighted by atomic mass is 10.1. The Labute approximate surface area is 186 Å². The van der Waals surface area contributed by atoms with Crippen LogP contribution in [0.4, 0.5) is 11.4 Å². The van der Waals surface area contributed by atoms with Crippen molar-refractivity contribution in [1.29, 1.82) is 0 Å². The third-order valence-corrected chi connectivity index (χ3v) is 5.51. The lowest BCUT2D eigenvalue weighted by Crippen LogP contribution is -2.35. The van der Waals surface area contributed by atoms with Crippen molar-refractivity contribution in [2.45, 2.75) is 13.8 Å². The number of hydrogen-bond acceptors (Lipinski definition) is 4. The first-order chi connectivity index (χ1) is 14.5. The first-order valence-corrected chi connectivity index (χ1v) is 10.6. The van der Waals surface area contributed by atoms with Gasteiger partial charge in [0.05, 0.1) is 33.2 Å². The van der Waals surface area contributed by atoms with Gasteiger partial charge in [-0.1, -0.05) is 49.2 Å². The van der Waals surface area contributed by atoms with Crippen molar-refractivity contribution in [2.24, 2.45) is 0 Å². The Morgan fingerprint density at radius 3 is 2.43 bits per heavy atom. The van der Waals surface area contributed by atoms with Gasteiger partial charge in [0.25, 0.3) is 5.91 Å². The fourth-order valence-electron chi connectivity index (χ4n) is 3.16. The average Bonchev–Trinajstić information content (AvgIpc) is 3.29. The van der Waals surface area contributed by atoms with Crippen LogP contribution < -0.4 is 10.6 Å². The van der Waals surface area contributed by atoms with E-state index in [4.69, 9.17) is 23.2 Å². The van der Waals surface area contributed by atoms with E-state index in [2.05, 4.69) is 39.6 Å². The van der Waals surface area contributed by atoms with Crippen LogP contribution in [0.25, 0.3) is 11.1 Å². The summed E-state index contributed by atoms with van der Waals surface area (Å²) in [6.07, 6.45) is 3.47. The number of para-hydroxylation sites is 1. The van der Waals surface area contributed by atoms with Crippen LogP contribution in [0.15, 0.2) is 48.8 Å². The van der Waals surface area contributed by atoms with Crippen molar-refractivity contribution in [3.05, 3.63) is 64.4 Å². The van der Waals surface area contributed by atoms with E-state index in [1.54, 1.807) is 18.5 Å². The molecule has 0 aliphatic heterocycles. The maximum atomic E-state index is 12.7. The van der Waals surface area contributed by atoms with Gasteiger partial charge in [0.2, 0.25) is 0 Å². The molecular formula is C22H25Cl2N5O. The molecule has 1 heterocycles. The number of H-pyrrole nitrogens is 1. The molecule has 8 heteroatoms. The highest BCUT2D eigenvalue weighted by Gasteiger charge is 2.15. The lowest BCUT2D eigenvalue weighted by molar-refractivity contribution is 0.0949. The number of carbonyl (C=O) groups excluding carboxylic acids is 1. The van der Waals surface area contributed by atoms with E-state index >= 15 is 0 Å². The number of carbonyl (C=O) groups is 1. The Morgan fingerprint density at radius 1 is 1.10 bits per heavy atom. The highest BCUT2D eigenvalue weighted by Crippen LogP contribution is 2.37. The molecule has 2 aromatic carbocycles. The Hall–Kier alpha value is -2.54. The van der Waals surface area contributed by atoms with Gasteiger partial charge in [-0.05, 0) is 42.9 Å². The zero-order chi connectivity index (χ0) is 21.5. The van der Waals surface area contributed by atoms with Gasteiger partial charge in [-0.25, -0.2) is 0 Å². The van der Waals surface area contributed by atoms with Crippen LogP contribution in [0, 0.1) is 0 Å². The predicted octanol–water partition coefficient (Wildman–Crippen LogP) is 5.20. The van der Waals surface area contributed by atoms with Crippen LogP contribution >= 0.6 is 23.2 Å². The third kappa shape index (κ3) is 5.33. The van der Waals surface area contributed by atoms with Crippen molar-refractivity contribution in [2.75, 3.05) is 31.5 Å². The molecule has 0 aliphatic carbocycles. The van der Waals surface area contributed by atoms with Crippen LogP contribution in [0.3, 0.4) is 0 Å². The van der Waals surface area contributed by atoms with Crippen LogP contribution in [0.2, 0.25) is 10.0 Å². The predicted molar refractivity (Wildman–Crippen MR) is 124 cm³/mol. The molecule has 3 rings (SSSR count). The highest BCUT2D eigenvalue weighted by molar-refractivity contribution is 6.39. The second kappa shape index (κ2) is 10.5. The van der Waals surface area contributed by atoms with Crippen LogP contribution in [-0.4, -0.2) is 47.2 Å². The average molecular weight is 446 g/mol. The quantitative estimate of drug-likeness (QED) is 0.423. The number of rotatable bonds is 9. The number of benzene rings is 2. The molecule has 0 fully saturated rings. The molecule has 0 radical (unpaired) electrons. The lowest BCUT2D eigenvalue weighted by Gasteiger charge is -2.19. The molecule has 30 heavy (non-hydrogen) atoms. The minimum atomic E-state index is -0.146. The topological polar surface area (TPSA) is 73.1 Å². The van der Waals surface area contributed by atoms with Crippen LogP contribution in [-0.2, 0) is 0 Å². The second-order valence-corrected chi connectivity index (χ2v) is 7.57. The monoisotopic (exact) mass is 445 g/mol. The Morgan fingerprint density at radius 2 is 1.80 bits per heavy atom. The maximum Gasteiger partial charge on any atom is 0.253 e.